The number of amides is 2. The van der Waals surface area contributed by atoms with Crippen LogP contribution in [-0.2, 0) is 11.8 Å². The van der Waals surface area contributed by atoms with Gasteiger partial charge in [-0.05, 0) is 23.9 Å². The van der Waals surface area contributed by atoms with Crippen LogP contribution in [0.4, 0.5) is 0 Å². The molecule has 4 heterocycles. The molecule has 2 amide bonds. The molecule has 0 aromatic carbocycles. The van der Waals surface area contributed by atoms with E-state index in [1.54, 1.807) is 16.0 Å². The quantitative estimate of drug-likeness (QED) is 0.835. The molecule has 0 N–H and O–H groups in total. The summed E-state index contributed by atoms with van der Waals surface area (Å²) < 4.78 is 1.66. The van der Waals surface area contributed by atoms with Gasteiger partial charge in [0.05, 0.1) is 4.88 Å². The standard InChI is InChI=1S/C17H20N4O2S/c1-19-13-5-6-21(10-11(13)8-16(19)22)17(23)14-9-12(18-20(14)2)15-4-3-7-24-15/h3-4,7,9,11,13H,5-6,8,10H2,1-2H3/t11-,13+/m1/s1. The number of carbonyl (C=O) groups is 2. The fourth-order valence-electron chi connectivity index (χ4n) is 3.84. The highest BCUT2D eigenvalue weighted by Gasteiger charge is 2.42. The van der Waals surface area contributed by atoms with Crippen LogP contribution in [0.15, 0.2) is 23.6 Å². The highest BCUT2D eigenvalue weighted by atomic mass is 32.1. The van der Waals surface area contributed by atoms with Gasteiger partial charge in [0.2, 0.25) is 5.91 Å². The van der Waals surface area contributed by atoms with Crippen molar-refractivity contribution in [1.82, 2.24) is 19.6 Å². The second kappa shape index (κ2) is 5.73. The van der Waals surface area contributed by atoms with Crippen LogP contribution in [0.25, 0.3) is 10.6 Å². The molecule has 0 aliphatic carbocycles. The maximum absolute atomic E-state index is 12.9. The van der Waals surface area contributed by atoms with Crippen LogP contribution in [0.3, 0.4) is 0 Å². The molecular weight excluding hydrogens is 324 g/mol. The summed E-state index contributed by atoms with van der Waals surface area (Å²) in [6.07, 6.45) is 1.41. The van der Waals surface area contributed by atoms with E-state index in [2.05, 4.69) is 5.10 Å². The van der Waals surface area contributed by atoms with Crippen molar-refractivity contribution in [2.45, 2.75) is 18.9 Å². The number of hydrogen-bond acceptors (Lipinski definition) is 4. The summed E-state index contributed by atoms with van der Waals surface area (Å²) >= 11 is 1.61. The number of thiophene rings is 1. The zero-order valence-corrected chi connectivity index (χ0v) is 14.6. The van der Waals surface area contributed by atoms with E-state index in [4.69, 9.17) is 0 Å². The molecular formula is C17H20N4O2S. The van der Waals surface area contributed by atoms with Crippen molar-refractivity contribution in [3.63, 3.8) is 0 Å². The number of aryl methyl sites for hydroxylation is 1. The number of rotatable bonds is 2. The van der Waals surface area contributed by atoms with Gasteiger partial charge in [-0.2, -0.15) is 5.10 Å². The van der Waals surface area contributed by atoms with Crippen molar-refractivity contribution in [2.24, 2.45) is 13.0 Å². The number of likely N-dealkylation sites (tertiary alicyclic amines) is 2. The van der Waals surface area contributed by atoms with Crippen molar-refractivity contribution in [3.8, 4) is 10.6 Å². The lowest BCUT2D eigenvalue weighted by Crippen LogP contribution is -2.47. The van der Waals surface area contributed by atoms with E-state index < -0.39 is 0 Å². The summed E-state index contributed by atoms with van der Waals surface area (Å²) in [4.78, 5) is 29.6. The number of nitrogens with zero attached hydrogens (tertiary/aromatic N) is 4. The summed E-state index contributed by atoms with van der Waals surface area (Å²) in [5, 5.41) is 6.48. The van der Waals surface area contributed by atoms with E-state index in [0.717, 1.165) is 17.0 Å². The minimum Gasteiger partial charge on any atom is -0.342 e. The van der Waals surface area contributed by atoms with E-state index in [1.807, 2.05) is 47.5 Å². The Hall–Kier alpha value is -2.15. The summed E-state index contributed by atoms with van der Waals surface area (Å²) in [7, 11) is 3.68. The lowest BCUT2D eigenvalue weighted by atomic mass is 9.92. The molecule has 7 heteroatoms. The zero-order valence-electron chi connectivity index (χ0n) is 13.8. The molecule has 0 bridgehead atoms. The molecule has 2 aromatic heterocycles. The Morgan fingerprint density at radius 2 is 2.21 bits per heavy atom. The van der Waals surface area contributed by atoms with Gasteiger partial charge >= 0.3 is 0 Å². The van der Waals surface area contributed by atoms with Crippen molar-refractivity contribution < 1.29 is 9.59 Å². The zero-order chi connectivity index (χ0) is 16.8. The van der Waals surface area contributed by atoms with Gasteiger partial charge in [-0.1, -0.05) is 6.07 Å². The fourth-order valence-corrected chi connectivity index (χ4v) is 4.52. The largest absolute Gasteiger partial charge is 0.342 e. The molecule has 2 atom stereocenters. The Morgan fingerprint density at radius 1 is 1.38 bits per heavy atom. The number of carbonyl (C=O) groups excluding carboxylic acids is 2. The van der Waals surface area contributed by atoms with Gasteiger partial charge in [-0.25, -0.2) is 0 Å². The number of fused-ring (bicyclic) bond motifs is 1. The monoisotopic (exact) mass is 344 g/mol. The van der Waals surface area contributed by atoms with Crippen molar-refractivity contribution in [2.75, 3.05) is 20.1 Å². The Morgan fingerprint density at radius 3 is 2.96 bits per heavy atom. The topological polar surface area (TPSA) is 58.4 Å². The number of piperidine rings is 1. The van der Waals surface area contributed by atoms with Crippen LogP contribution in [0.5, 0.6) is 0 Å². The molecule has 2 saturated heterocycles. The van der Waals surface area contributed by atoms with Crippen molar-refractivity contribution in [3.05, 3.63) is 29.3 Å². The third-order valence-electron chi connectivity index (χ3n) is 5.18. The maximum atomic E-state index is 12.9. The number of aromatic nitrogens is 2. The Labute approximate surface area is 144 Å². The Balaban J connectivity index is 1.54. The van der Waals surface area contributed by atoms with Crippen LogP contribution in [0.2, 0.25) is 0 Å². The summed E-state index contributed by atoms with van der Waals surface area (Å²) in [5.41, 5.74) is 1.44. The smallest absolute Gasteiger partial charge is 0.272 e. The summed E-state index contributed by atoms with van der Waals surface area (Å²) in [6, 6.07) is 6.14. The van der Waals surface area contributed by atoms with Crippen LogP contribution in [0, 0.1) is 5.92 Å². The molecule has 126 valence electrons. The van der Waals surface area contributed by atoms with Crippen LogP contribution >= 0.6 is 11.3 Å². The van der Waals surface area contributed by atoms with Gasteiger partial charge in [-0.3, -0.25) is 14.3 Å². The van der Waals surface area contributed by atoms with Crippen molar-refractivity contribution in [1.29, 1.82) is 0 Å². The third kappa shape index (κ3) is 2.43. The second-order valence-electron chi connectivity index (χ2n) is 6.59. The SMILES string of the molecule is CN1C(=O)C[C@@H]2CN(C(=O)c3cc(-c4cccs4)nn3C)CC[C@@H]21. The summed E-state index contributed by atoms with van der Waals surface area (Å²) in [5.74, 6) is 0.457. The van der Waals surface area contributed by atoms with Gasteiger partial charge in [-0.15, -0.1) is 11.3 Å². The predicted molar refractivity (Wildman–Crippen MR) is 91.7 cm³/mol. The van der Waals surface area contributed by atoms with E-state index in [-0.39, 0.29) is 23.8 Å². The van der Waals surface area contributed by atoms with Gasteiger partial charge in [0.25, 0.3) is 5.91 Å². The van der Waals surface area contributed by atoms with Crippen LogP contribution in [0.1, 0.15) is 23.3 Å². The minimum atomic E-state index is 0.00765. The molecule has 24 heavy (non-hydrogen) atoms. The van der Waals surface area contributed by atoms with E-state index in [9.17, 15) is 9.59 Å². The molecule has 0 saturated carbocycles. The lowest BCUT2D eigenvalue weighted by molar-refractivity contribution is -0.127. The van der Waals surface area contributed by atoms with E-state index in [0.29, 0.717) is 25.2 Å². The molecule has 6 nitrogen and oxygen atoms in total. The van der Waals surface area contributed by atoms with Crippen molar-refractivity contribution >= 4 is 23.2 Å². The second-order valence-corrected chi connectivity index (χ2v) is 7.54. The highest BCUT2D eigenvalue weighted by molar-refractivity contribution is 7.13. The van der Waals surface area contributed by atoms with Gasteiger partial charge in [0.1, 0.15) is 11.4 Å². The first-order valence-electron chi connectivity index (χ1n) is 8.17. The molecule has 0 spiro atoms. The highest BCUT2D eigenvalue weighted by Crippen LogP contribution is 2.32. The van der Waals surface area contributed by atoms with E-state index >= 15 is 0 Å². The molecule has 2 aliphatic rings. The normalized spacial score (nSPS) is 23.7. The predicted octanol–water partition coefficient (Wildman–Crippen LogP) is 1.84. The molecule has 0 unspecified atom stereocenters. The molecule has 4 rings (SSSR count). The maximum Gasteiger partial charge on any atom is 0.272 e. The molecule has 2 aromatic rings. The summed E-state index contributed by atoms with van der Waals surface area (Å²) in [6.45, 7) is 1.34. The average Bonchev–Trinajstić information content (AvgIpc) is 3.27. The third-order valence-corrected chi connectivity index (χ3v) is 6.07. The number of hydrogen-bond donors (Lipinski definition) is 0. The van der Waals surface area contributed by atoms with Gasteiger partial charge in [0.15, 0.2) is 0 Å². The first kappa shape index (κ1) is 15.4. The Bertz CT molecular complexity index is 783. The first-order chi connectivity index (χ1) is 11.5. The molecule has 2 aliphatic heterocycles. The van der Waals surface area contributed by atoms with E-state index in [1.165, 1.54) is 0 Å². The molecule has 2 fully saturated rings. The lowest BCUT2D eigenvalue weighted by Gasteiger charge is -2.36. The van der Waals surface area contributed by atoms with Crippen LogP contribution in [-0.4, -0.2) is 57.6 Å². The Kier molecular flexibility index (Phi) is 3.68. The first-order valence-corrected chi connectivity index (χ1v) is 9.05. The molecule has 0 radical (unpaired) electrons. The minimum absolute atomic E-state index is 0.00765. The van der Waals surface area contributed by atoms with Gasteiger partial charge < -0.3 is 9.80 Å². The fraction of sp³-hybridized carbons (Fsp3) is 0.471. The average molecular weight is 344 g/mol. The van der Waals surface area contributed by atoms with Crippen LogP contribution < -0.4 is 0 Å². The van der Waals surface area contributed by atoms with Gasteiger partial charge in [0, 0.05) is 45.6 Å².